The average molecular weight is 400 g/mol. The fourth-order valence-corrected chi connectivity index (χ4v) is 6.66. The molecule has 2 N–H and O–H groups in total. The van der Waals surface area contributed by atoms with Gasteiger partial charge in [0.1, 0.15) is 4.21 Å². The summed E-state index contributed by atoms with van der Waals surface area (Å²) < 4.78 is 28.5. The highest BCUT2D eigenvalue weighted by Gasteiger charge is 2.41. The monoisotopic (exact) mass is 398 g/mol. The summed E-state index contributed by atoms with van der Waals surface area (Å²) in [4.78, 5) is 0. The zero-order chi connectivity index (χ0) is 14.4. The number of sulfonamides is 1. The Kier molecular flexibility index (Phi) is 4.20. The van der Waals surface area contributed by atoms with Crippen molar-refractivity contribution in [3.05, 3.63) is 14.9 Å². The summed E-state index contributed by atoms with van der Waals surface area (Å²) in [6.07, 6.45) is 5.26. The maximum absolute atomic E-state index is 12.4. The van der Waals surface area contributed by atoms with Crippen molar-refractivity contribution in [1.82, 2.24) is 10.0 Å². The Morgan fingerprint density at radius 2 is 2.25 bits per heavy atom. The molecule has 1 aliphatic carbocycles. The fourth-order valence-electron chi connectivity index (χ4n) is 2.98. The Balaban J connectivity index is 1.73. The molecule has 2 fully saturated rings. The van der Waals surface area contributed by atoms with Gasteiger partial charge < -0.3 is 5.32 Å². The van der Waals surface area contributed by atoms with Crippen molar-refractivity contribution in [3.8, 4) is 0 Å². The summed E-state index contributed by atoms with van der Waals surface area (Å²) in [5.41, 5.74) is 0.180. The van der Waals surface area contributed by atoms with Crippen LogP contribution in [0.25, 0.3) is 0 Å². The third-order valence-corrected chi connectivity index (χ3v) is 8.62. The molecule has 4 nitrogen and oxygen atoms in total. The molecule has 3 rings (SSSR count). The van der Waals surface area contributed by atoms with E-state index in [4.69, 9.17) is 11.6 Å². The van der Waals surface area contributed by atoms with Gasteiger partial charge in [-0.15, -0.1) is 11.3 Å². The van der Waals surface area contributed by atoms with Crippen LogP contribution < -0.4 is 10.0 Å². The molecule has 1 spiro atoms. The first kappa shape index (κ1) is 15.2. The highest BCUT2D eigenvalue weighted by molar-refractivity contribution is 9.11. The molecular weight excluding hydrogens is 384 g/mol. The molecule has 1 saturated carbocycles. The summed E-state index contributed by atoms with van der Waals surface area (Å²) in [5.74, 6) is 0. The maximum Gasteiger partial charge on any atom is 0.250 e. The van der Waals surface area contributed by atoms with E-state index in [0.717, 1.165) is 43.6 Å². The summed E-state index contributed by atoms with van der Waals surface area (Å²) >= 11 is 10.3. The van der Waals surface area contributed by atoms with Gasteiger partial charge in [-0.05, 0) is 60.6 Å². The number of piperidine rings is 1. The zero-order valence-electron chi connectivity index (χ0n) is 10.8. The largest absolute Gasteiger partial charge is 0.311 e. The first-order valence-electron chi connectivity index (χ1n) is 6.62. The van der Waals surface area contributed by atoms with Crippen molar-refractivity contribution in [3.63, 3.8) is 0 Å². The Morgan fingerprint density at radius 1 is 1.50 bits per heavy atom. The number of hydrogen-bond acceptors (Lipinski definition) is 4. The molecule has 0 bridgehead atoms. The predicted octanol–water partition coefficient (Wildman–Crippen LogP) is 3.12. The molecule has 1 aliphatic heterocycles. The summed E-state index contributed by atoms with van der Waals surface area (Å²) in [6.45, 7) is 0.877. The average Bonchev–Trinajstić information content (AvgIpc) is 2.68. The van der Waals surface area contributed by atoms with Gasteiger partial charge in [0.2, 0.25) is 10.0 Å². The van der Waals surface area contributed by atoms with Crippen LogP contribution in [0.4, 0.5) is 0 Å². The molecule has 112 valence electrons. The lowest BCUT2D eigenvalue weighted by atomic mass is 9.70. The maximum atomic E-state index is 12.4. The molecule has 0 radical (unpaired) electrons. The molecule has 1 aromatic heterocycles. The number of thiophene rings is 1. The smallest absolute Gasteiger partial charge is 0.250 e. The molecule has 8 heteroatoms. The Hall–Kier alpha value is 0.340. The molecule has 1 saturated heterocycles. The standard InChI is InChI=1S/C12H16BrClN2O2S2/c13-11-9(14)6-10(19-11)20(17,18)16-8-2-5-15-12(7-8)3-1-4-12/h6,8,15-16H,1-5,7H2. The van der Waals surface area contributed by atoms with E-state index in [2.05, 4.69) is 26.0 Å². The van der Waals surface area contributed by atoms with E-state index in [0.29, 0.717) is 8.81 Å². The predicted molar refractivity (Wildman–Crippen MR) is 85.0 cm³/mol. The van der Waals surface area contributed by atoms with E-state index in [-0.39, 0.29) is 15.8 Å². The zero-order valence-corrected chi connectivity index (χ0v) is 14.8. The number of halogens is 2. The lowest BCUT2D eigenvalue weighted by Crippen LogP contribution is -2.59. The molecule has 1 aromatic rings. The highest BCUT2D eigenvalue weighted by Crippen LogP contribution is 2.39. The van der Waals surface area contributed by atoms with Gasteiger partial charge >= 0.3 is 0 Å². The van der Waals surface area contributed by atoms with Crippen LogP contribution in [0.5, 0.6) is 0 Å². The first-order chi connectivity index (χ1) is 9.40. The number of hydrogen-bond donors (Lipinski definition) is 2. The summed E-state index contributed by atoms with van der Waals surface area (Å²) in [7, 11) is -3.47. The van der Waals surface area contributed by atoms with Gasteiger partial charge in [-0.1, -0.05) is 11.6 Å². The lowest BCUT2D eigenvalue weighted by Gasteiger charge is -2.48. The minimum absolute atomic E-state index is 0.0150. The minimum atomic E-state index is -3.47. The normalized spacial score (nSPS) is 25.6. The topological polar surface area (TPSA) is 58.2 Å². The van der Waals surface area contributed by atoms with Crippen molar-refractivity contribution in [1.29, 1.82) is 0 Å². The summed E-state index contributed by atoms with van der Waals surface area (Å²) in [5, 5.41) is 3.98. The molecule has 20 heavy (non-hydrogen) atoms. The van der Waals surface area contributed by atoms with Crippen LogP contribution in [0.2, 0.25) is 5.02 Å². The molecule has 2 heterocycles. The van der Waals surface area contributed by atoms with Crippen molar-refractivity contribution >= 4 is 48.9 Å². The van der Waals surface area contributed by atoms with Crippen molar-refractivity contribution < 1.29 is 8.42 Å². The van der Waals surface area contributed by atoms with Crippen LogP contribution in [0.1, 0.15) is 32.1 Å². The van der Waals surface area contributed by atoms with Gasteiger partial charge in [0.05, 0.1) is 8.81 Å². The lowest BCUT2D eigenvalue weighted by molar-refractivity contribution is 0.126. The second-order valence-electron chi connectivity index (χ2n) is 5.56. The fraction of sp³-hybridized carbons (Fsp3) is 0.667. The first-order valence-corrected chi connectivity index (χ1v) is 10.1. The quantitative estimate of drug-likeness (QED) is 0.821. The van der Waals surface area contributed by atoms with Crippen molar-refractivity contribution in [2.45, 2.75) is 47.9 Å². The van der Waals surface area contributed by atoms with Gasteiger partial charge in [0.15, 0.2) is 0 Å². The Morgan fingerprint density at radius 3 is 2.80 bits per heavy atom. The summed E-state index contributed by atoms with van der Waals surface area (Å²) in [6, 6.07) is 1.51. The molecule has 1 unspecified atom stereocenters. The Bertz CT molecular complexity index is 593. The highest BCUT2D eigenvalue weighted by atomic mass is 79.9. The second-order valence-corrected chi connectivity index (χ2v) is 10.3. The van der Waals surface area contributed by atoms with Crippen molar-refractivity contribution in [2.24, 2.45) is 0 Å². The molecular formula is C12H16BrClN2O2S2. The van der Waals surface area contributed by atoms with Gasteiger partial charge in [0.25, 0.3) is 0 Å². The molecule has 0 aromatic carbocycles. The molecule has 0 amide bonds. The van der Waals surface area contributed by atoms with E-state index in [1.807, 2.05) is 0 Å². The van der Waals surface area contributed by atoms with Crippen molar-refractivity contribution in [2.75, 3.05) is 6.54 Å². The van der Waals surface area contributed by atoms with E-state index in [1.165, 1.54) is 12.5 Å². The molecule has 1 atom stereocenters. The number of rotatable bonds is 3. The number of nitrogens with one attached hydrogen (secondary N) is 2. The van der Waals surface area contributed by atoms with E-state index in [1.54, 1.807) is 0 Å². The second kappa shape index (κ2) is 5.52. The van der Waals surface area contributed by atoms with Crippen LogP contribution in [-0.4, -0.2) is 26.5 Å². The van der Waals surface area contributed by atoms with Gasteiger partial charge in [0, 0.05) is 11.6 Å². The van der Waals surface area contributed by atoms with Crippen LogP contribution in [0.15, 0.2) is 14.1 Å². The SMILES string of the molecule is O=S(=O)(NC1CCNC2(CCC2)C1)c1cc(Cl)c(Br)s1. The Labute approximate surface area is 136 Å². The van der Waals surface area contributed by atoms with Gasteiger partial charge in [-0.3, -0.25) is 0 Å². The van der Waals surface area contributed by atoms with E-state index < -0.39 is 10.0 Å². The minimum Gasteiger partial charge on any atom is -0.311 e. The van der Waals surface area contributed by atoms with E-state index >= 15 is 0 Å². The van der Waals surface area contributed by atoms with Crippen LogP contribution in [0.3, 0.4) is 0 Å². The molecule has 2 aliphatic rings. The van der Waals surface area contributed by atoms with Gasteiger partial charge in [-0.2, -0.15) is 0 Å². The van der Waals surface area contributed by atoms with Crippen LogP contribution in [-0.2, 0) is 10.0 Å². The van der Waals surface area contributed by atoms with Crippen LogP contribution in [0, 0.1) is 0 Å². The van der Waals surface area contributed by atoms with Gasteiger partial charge in [-0.25, -0.2) is 13.1 Å². The van der Waals surface area contributed by atoms with E-state index in [9.17, 15) is 8.42 Å². The third kappa shape index (κ3) is 2.94. The third-order valence-electron chi connectivity index (χ3n) is 4.15. The van der Waals surface area contributed by atoms with Crippen LogP contribution >= 0.6 is 38.9 Å².